The third-order valence-electron chi connectivity index (χ3n) is 5.40. The van der Waals surface area contributed by atoms with E-state index in [1.807, 2.05) is 74.0 Å². The normalized spacial score (nSPS) is 12.2. The highest BCUT2D eigenvalue weighted by molar-refractivity contribution is 6.30. The van der Waals surface area contributed by atoms with Gasteiger partial charge in [-0.2, -0.15) is 5.10 Å². The lowest BCUT2D eigenvalue weighted by Gasteiger charge is -2.12. The Hall–Kier alpha value is -3.25. The van der Waals surface area contributed by atoms with Crippen molar-refractivity contribution in [1.29, 1.82) is 0 Å². The van der Waals surface area contributed by atoms with Gasteiger partial charge in [0.25, 0.3) is 0 Å². The standard InChI is InChI=1S/C24H24ClN3O3/c1-14-20(16(3)28(27-14)19-10-8-18(25)9-11-19)13-23(29)26-15(2)22-12-17-6-5-7-21(30-4)24(17)31-22/h5-12,15H,13H2,1-4H3,(H,26,29). The summed E-state index contributed by atoms with van der Waals surface area (Å²) in [7, 11) is 1.61. The Labute approximate surface area is 185 Å². The summed E-state index contributed by atoms with van der Waals surface area (Å²) in [6.07, 6.45) is 0.235. The minimum atomic E-state index is -0.281. The predicted molar refractivity (Wildman–Crippen MR) is 121 cm³/mol. The number of aromatic nitrogens is 2. The predicted octanol–water partition coefficient (Wildman–Crippen LogP) is 5.32. The molecule has 1 atom stereocenters. The molecule has 6 nitrogen and oxygen atoms in total. The second kappa shape index (κ2) is 8.47. The molecule has 0 saturated carbocycles. The molecule has 0 aliphatic rings. The van der Waals surface area contributed by atoms with Gasteiger partial charge in [0, 0.05) is 21.7 Å². The first-order chi connectivity index (χ1) is 14.9. The molecule has 7 heteroatoms. The van der Waals surface area contributed by atoms with Crippen molar-refractivity contribution in [2.75, 3.05) is 7.11 Å². The van der Waals surface area contributed by atoms with E-state index >= 15 is 0 Å². The summed E-state index contributed by atoms with van der Waals surface area (Å²) in [6.45, 7) is 5.78. The molecule has 1 unspecified atom stereocenters. The monoisotopic (exact) mass is 437 g/mol. The number of rotatable bonds is 6. The van der Waals surface area contributed by atoms with Crippen molar-refractivity contribution in [2.45, 2.75) is 33.2 Å². The van der Waals surface area contributed by atoms with Gasteiger partial charge in [-0.15, -0.1) is 0 Å². The van der Waals surface area contributed by atoms with Crippen LogP contribution in [0.2, 0.25) is 5.02 Å². The maximum Gasteiger partial charge on any atom is 0.225 e. The number of benzene rings is 2. The van der Waals surface area contributed by atoms with Gasteiger partial charge >= 0.3 is 0 Å². The molecule has 0 spiro atoms. The highest BCUT2D eigenvalue weighted by Crippen LogP contribution is 2.31. The molecule has 31 heavy (non-hydrogen) atoms. The van der Waals surface area contributed by atoms with Crippen molar-refractivity contribution in [3.8, 4) is 11.4 Å². The van der Waals surface area contributed by atoms with E-state index in [1.165, 1.54) is 0 Å². The topological polar surface area (TPSA) is 69.3 Å². The molecule has 0 saturated heterocycles. The molecular weight excluding hydrogens is 414 g/mol. The van der Waals surface area contributed by atoms with Gasteiger partial charge in [0.05, 0.1) is 31.0 Å². The lowest BCUT2D eigenvalue weighted by molar-refractivity contribution is -0.121. The van der Waals surface area contributed by atoms with Crippen LogP contribution >= 0.6 is 11.6 Å². The van der Waals surface area contributed by atoms with Gasteiger partial charge in [-0.3, -0.25) is 4.79 Å². The number of fused-ring (bicyclic) bond motifs is 1. The van der Waals surface area contributed by atoms with Crippen molar-refractivity contribution in [2.24, 2.45) is 0 Å². The summed E-state index contributed by atoms with van der Waals surface area (Å²) in [5.74, 6) is 1.25. The first-order valence-corrected chi connectivity index (χ1v) is 10.4. The number of ether oxygens (including phenoxy) is 1. The Balaban J connectivity index is 1.51. The van der Waals surface area contributed by atoms with Crippen LogP contribution in [0.5, 0.6) is 5.75 Å². The van der Waals surface area contributed by atoms with Gasteiger partial charge in [0.15, 0.2) is 11.3 Å². The second-order valence-electron chi connectivity index (χ2n) is 7.53. The minimum Gasteiger partial charge on any atom is -0.493 e. The van der Waals surface area contributed by atoms with Crippen molar-refractivity contribution in [1.82, 2.24) is 15.1 Å². The van der Waals surface area contributed by atoms with Gasteiger partial charge in [-0.1, -0.05) is 23.7 Å². The van der Waals surface area contributed by atoms with Crippen LogP contribution in [0, 0.1) is 13.8 Å². The summed E-state index contributed by atoms with van der Waals surface area (Å²) in [4.78, 5) is 12.8. The quantitative estimate of drug-likeness (QED) is 0.443. The highest BCUT2D eigenvalue weighted by Gasteiger charge is 2.19. The molecule has 4 rings (SSSR count). The average molecular weight is 438 g/mol. The summed E-state index contributed by atoms with van der Waals surface area (Å²) in [5, 5.41) is 9.24. The molecule has 0 aliphatic heterocycles. The lowest BCUT2D eigenvalue weighted by Crippen LogP contribution is -2.28. The van der Waals surface area contributed by atoms with Crippen LogP contribution in [-0.4, -0.2) is 22.8 Å². The zero-order chi connectivity index (χ0) is 22.1. The van der Waals surface area contributed by atoms with Crippen molar-refractivity contribution in [3.05, 3.63) is 76.3 Å². The summed E-state index contributed by atoms with van der Waals surface area (Å²) >= 11 is 5.99. The molecule has 0 radical (unpaired) electrons. The Bertz CT molecular complexity index is 1240. The van der Waals surface area contributed by atoms with Crippen LogP contribution in [0.4, 0.5) is 0 Å². The fourth-order valence-electron chi connectivity index (χ4n) is 3.72. The smallest absolute Gasteiger partial charge is 0.225 e. The molecule has 0 bridgehead atoms. The number of para-hydroxylation sites is 1. The fourth-order valence-corrected chi connectivity index (χ4v) is 3.85. The van der Waals surface area contributed by atoms with E-state index in [0.29, 0.717) is 22.1 Å². The zero-order valence-electron chi connectivity index (χ0n) is 17.9. The molecule has 2 aromatic carbocycles. The zero-order valence-corrected chi connectivity index (χ0v) is 18.7. The Kier molecular flexibility index (Phi) is 5.74. The van der Waals surface area contributed by atoms with Gasteiger partial charge in [0.2, 0.25) is 5.91 Å². The maximum atomic E-state index is 12.8. The largest absolute Gasteiger partial charge is 0.493 e. The summed E-state index contributed by atoms with van der Waals surface area (Å²) < 4.78 is 13.1. The van der Waals surface area contributed by atoms with E-state index in [2.05, 4.69) is 10.4 Å². The number of amides is 1. The molecule has 2 aromatic heterocycles. The molecule has 2 heterocycles. The van der Waals surface area contributed by atoms with Crippen LogP contribution in [0.25, 0.3) is 16.7 Å². The lowest BCUT2D eigenvalue weighted by atomic mass is 10.1. The van der Waals surface area contributed by atoms with E-state index in [9.17, 15) is 4.79 Å². The first kappa shape index (κ1) is 21.0. The van der Waals surface area contributed by atoms with E-state index in [-0.39, 0.29) is 18.4 Å². The molecule has 1 amide bonds. The molecular formula is C24H24ClN3O3. The number of furan rings is 1. The van der Waals surface area contributed by atoms with Crippen LogP contribution in [0.1, 0.15) is 35.7 Å². The van der Waals surface area contributed by atoms with E-state index in [1.54, 1.807) is 7.11 Å². The van der Waals surface area contributed by atoms with Crippen LogP contribution in [-0.2, 0) is 11.2 Å². The highest BCUT2D eigenvalue weighted by atomic mass is 35.5. The summed E-state index contributed by atoms with van der Waals surface area (Å²) in [5.41, 5.74) is 4.24. The number of nitrogens with zero attached hydrogens (tertiary/aromatic N) is 2. The number of carbonyl (C=O) groups is 1. The van der Waals surface area contributed by atoms with Crippen molar-refractivity contribution in [3.63, 3.8) is 0 Å². The summed E-state index contributed by atoms with van der Waals surface area (Å²) in [6, 6.07) is 14.8. The van der Waals surface area contributed by atoms with Crippen molar-refractivity contribution < 1.29 is 13.9 Å². The average Bonchev–Trinajstić information content (AvgIpc) is 3.31. The van der Waals surface area contributed by atoms with Gasteiger partial charge in [-0.25, -0.2) is 4.68 Å². The van der Waals surface area contributed by atoms with Crippen LogP contribution < -0.4 is 10.1 Å². The maximum absolute atomic E-state index is 12.8. The molecule has 0 aliphatic carbocycles. The van der Waals surface area contributed by atoms with E-state index < -0.39 is 0 Å². The SMILES string of the molecule is COc1cccc2cc(C(C)NC(=O)Cc3c(C)nn(-c4ccc(Cl)cc4)c3C)oc12. The molecule has 0 fully saturated rings. The number of hydrogen-bond acceptors (Lipinski definition) is 4. The Morgan fingerprint density at radius 1 is 1.23 bits per heavy atom. The molecule has 1 N–H and O–H groups in total. The number of aryl methyl sites for hydroxylation is 1. The molecule has 4 aromatic rings. The van der Waals surface area contributed by atoms with Gasteiger partial charge < -0.3 is 14.5 Å². The van der Waals surface area contributed by atoms with E-state index in [0.717, 1.165) is 28.0 Å². The first-order valence-electron chi connectivity index (χ1n) is 10.0. The van der Waals surface area contributed by atoms with Gasteiger partial charge in [0.1, 0.15) is 5.76 Å². The van der Waals surface area contributed by atoms with E-state index in [4.69, 9.17) is 20.8 Å². The Morgan fingerprint density at radius 3 is 2.68 bits per heavy atom. The third kappa shape index (κ3) is 4.16. The number of nitrogens with one attached hydrogen (secondary N) is 1. The van der Waals surface area contributed by atoms with Crippen LogP contribution in [0.3, 0.4) is 0 Å². The number of methoxy groups -OCH3 is 1. The third-order valence-corrected chi connectivity index (χ3v) is 5.65. The minimum absolute atomic E-state index is 0.0956. The number of carbonyl (C=O) groups excluding carboxylic acids is 1. The Morgan fingerprint density at radius 2 is 1.97 bits per heavy atom. The molecule has 160 valence electrons. The fraction of sp³-hybridized carbons (Fsp3) is 0.250. The van der Waals surface area contributed by atoms with Gasteiger partial charge in [-0.05, 0) is 57.2 Å². The number of hydrogen-bond donors (Lipinski definition) is 1. The van der Waals surface area contributed by atoms with Crippen LogP contribution in [0.15, 0.2) is 52.9 Å². The van der Waals surface area contributed by atoms with Crippen molar-refractivity contribution >= 4 is 28.5 Å². The number of halogens is 1. The second-order valence-corrected chi connectivity index (χ2v) is 7.97.